The standard InChI is InChI=1S/C28H30O16/c1-8-18(33)22(37)24(39)27(42-8)41-7-15-20(35)23(38)25(40)28(43-15)44-26-16(9-2-3-12(30)13(31)4-9)19(34)11-5-10(29)6-14(32)17(11)21(26)36/h2-6,8,15,18,20,22-25,27-33,35,37-40H,7H2,1H3/t8-,15+,18-,20+,22+,23-,24+,25+,27+,28-/m0/s1. The van der Waals surface area contributed by atoms with Gasteiger partial charge in [-0.3, -0.25) is 9.59 Å². The van der Waals surface area contributed by atoms with Crippen LogP contribution in [0.25, 0.3) is 5.57 Å². The lowest BCUT2D eigenvalue weighted by Gasteiger charge is -2.42. The summed E-state index contributed by atoms with van der Waals surface area (Å²) in [6.45, 7) is 0.764. The maximum absolute atomic E-state index is 13.6. The van der Waals surface area contributed by atoms with Gasteiger partial charge in [0.2, 0.25) is 12.1 Å². The molecule has 0 radical (unpaired) electrons. The molecule has 0 saturated carbocycles. The quantitative estimate of drug-likeness (QED) is 0.156. The molecule has 10 N–H and O–H groups in total. The van der Waals surface area contributed by atoms with E-state index in [1.807, 2.05) is 0 Å². The number of aromatic hydroxyl groups is 4. The van der Waals surface area contributed by atoms with E-state index in [-0.39, 0.29) is 5.56 Å². The van der Waals surface area contributed by atoms with Gasteiger partial charge in [0.1, 0.15) is 54.2 Å². The molecule has 2 fully saturated rings. The number of phenolic OH excluding ortho intramolecular Hbond substituents is 4. The molecule has 238 valence electrons. The van der Waals surface area contributed by atoms with Gasteiger partial charge in [-0.15, -0.1) is 0 Å². The third-order valence-corrected chi connectivity index (χ3v) is 7.63. The fourth-order valence-corrected chi connectivity index (χ4v) is 5.16. The van der Waals surface area contributed by atoms with Gasteiger partial charge >= 0.3 is 0 Å². The summed E-state index contributed by atoms with van der Waals surface area (Å²) in [6.07, 6.45) is -16.6. The first-order chi connectivity index (χ1) is 20.7. The Labute approximate surface area is 247 Å². The molecule has 5 rings (SSSR count). The second-order valence-corrected chi connectivity index (χ2v) is 10.6. The predicted molar refractivity (Wildman–Crippen MR) is 141 cm³/mol. The predicted octanol–water partition coefficient (Wildman–Crippen LogP) is -2.03. The Kier molecular flexibility index (Phi) is 8.56. The molecule has 3 aliphatic rings. The number of aliphatic hydroxyl groups is 6. The Morgan fingerprint density at radius 1 is 0.705 bits per heavy atom. The third-order valence-electron chi connectivity index (χ3n) is 7.63. The summed E-state index contributed by atoms with van der Waals surface area (Å²) < 4.78 is 22.0. The van der Waals surface area contributed by atoms with Crippen LogP contribution in [0.4, 0.5) is 0 Å². The van der Waals surface area contributed by atoms with Crippen LogP contribution in [-0.4, -0.2) is 131 Å². The van der Waals surface area contributed by atoms with Gasteiger partial charge in [-0.1, -0.05) is 6.07 Å². The lowest BCUT2D eigenvalue weighted by molar-refractivity contribution is -0.323. The van der Waals surface area contributed by atoms with Crippen molar-refractivity contribution in [1.82, 2.24) is 0 Å². The maximum atomic E-state index is 13.6. The number of benzene rings is 2. The number of hydrogen-bond donors (Lipinski definition) is 10. The third kappa shape index (κ3) is 5.47. The topological polar surface area (TPSA) is 273 Å². The minimum absolute atomic E-state index is 0.161. The zero-order valence-corrected chi connectivity index (χ0v) is 22.8. The summed E-state index contributed by atoms with van der Waals surface area (Å²) in [5.74, 6) is -5.49. The first-order valence-corrected chi connectivity index (χ1v) is 13.3. The van der Waals surface area contributed by atoms with Crippen molar-refractivity contribution < 1.29 is 79.6 Å². The first kappa shape index (κ1) is 31.6. The van der Waals surface area contributed by atoms with Gasteiger partial charge in [0.05, 0.1) is 23.8 Å². The highest BCUT2D eigenvalue weighted by molar-refractivity contribution is 6.40. The number of carbonyl (C=O) groups is 2. The Morgan fingerprint density at radius 3 is 2.05 bits per heavy atom. The molecule has 0 spiro atoms. The van der Waals surface area contributed by atoms with Crippen LogP contribution < -0.4 is 0 Å². The number of ether oxygens (including phenoxy) is 4. The molecule has 0 bridgehead atoms. The molecule has 16 nitrogen and oxygen atoms in total. The summed E-state index contributed by atoms with van der Waals surface area (Å²) in [6, 6.07) is 4.83. The van der Waals surface area contributed by atoms with E-state index in [2.05, 4.69) is 0 Å². The molecule has 2 aliphatic heterocycles. The number of Topliss-reactive ketones (excluding diaryl/α,β-unsaturated/α-hetero) is 2. The molecular formula is C28H30O16. The lowest BCUT2D eigenvalue weighted by Crippen LogP contribution is -2.61. The van der Waals surface area contributed by atoms with Crippen LogP contribution in [0.1, 0.15) is 33.2 Å². The van der Waals surface area contributed by atoms with Crippen LogP contribution in [0.3, 0.4) is 0 Å². The van der Waals surface area contributed by atoms with Gasteiger partial charge in [0.25, 0.3) is 0 Å². The van der Waals surface area contributed by atoms with Gasteiger partial charge in [0.15, 0.2) is 29.3 Å². The largest absolute Gasteiger partial charge is 0.508 e. The molecule has 2 heterocycles. The van der Waals surface area contributed by atoms with E-state index in [4.69, 9.17) is 18.9 Å². The zero-order chi connectivity index (χ0) is 32.2. The van der Waals surface area contributed by atoms with Crippen molar-refractivity contribution in [3.63, 3.8) is 0 Å². The van der Waals surface area contributed by atoms with Crippen molar-refractivity contribution in [1.29, 1.82) is 0 Å². The van der Waals surface area contributed by atoms with Crippen molar-refractivity contribution in [2.45, 2.75) is 68.3 Å². The van der Waals surface area contributed by atoms with E-state index >= 15 is 0 Å². The first-order valence-electron chi connectivity index (χ1n) is 13.3. The fourth-order valence-electron chi connectivity index (χ4n) is 5.16. The van der Waals surface area contributed by atoms with Crippen LogP contribution >= 0.6 is 0 Å². The minimum atomic E-state index is -2.03. The Morgan fingerprint density at radius 2 is 1.36 bits per heavy atom. The SMILES string of the molecule is C[C@@H]1O[C@@H](OC[C@H]2O[C@@H](OC3=C(c4ccc(O)c(O)c4)C(=O)c4cc(O)cc(O)c4C3=O)[C@H](O)[C@@H](O)[C@@H]2O)[C@H](O)[C@H](O)[C@H]1O. The molecule has 0 amide bonds. The van der Waals surface area contributed by atoms with Gasteiger partial charge in [0, 0.05) is 11.6 Å². The highest BCUT2D eigenvalue weighted by Crippen LogP contribution is 2.41. The van der Waals surface area contributed by atoms with E-state index in [1.54, 1.807) is 0 Å². The molecule has 2 aromatic carbocycles. The van der Waals surface area contributed by atoms with Gasteiger partial charge < -0.3 is 70.0 Å². The summed E-state index contributed by atoms with van der Waals surface area (Å²) >= 11 is 0. The molecule has 1 aliphatic carbocycles. The maximum Gasteiger partial charge on any atom is 0.232 e. The van der Waals surface area contributed by atoms with Crippen molar-refractivity contribution in [3.8, 4) is 23.0 Å². The van der Waals surface area contributed by atoms with Crippen LogP contribution in [0.15, 0.2) is 36.1 Å². The average Bonchev–Trinajstić information content (AvgIpc) is 2.97. The Hall–Kier alpha value is -3.84. The number of aliphatic hydroxyl groups excluding tert-OH is 6. The molecular weight excluding hydrogens is 592 g/mol. The van der Waals surface area contributed by atoms with Crippen molar-refractivity contribution in [2.24, 2.45) is 0 Å². The number of carbonyl (C=O) groups excluding carboxylic acids is 2. The number of hydrogen-bond acceptors (Lipinski definition) is 16. The van der Waals surface area contributed by atoms with E-state index in [0.29, 0.717) is 0 Å². The second-order valence-electron chi connectivity index (χ2n) is 10.6. The Bertz CT molecular complexity index is 1490. The molecule has 2 aromatic rings. The second kappa shape index (κ2) is 11.9. The molecule has 16 heteroatoms. The molecule has 2 saturated heterocycles. The van der Waals surface area contributed by atoms with Crippen molar-refractivity contribution in [3.05, 3.63) is 52.8 Å². The monoisotopic (exact) mass is 622 g/mol. The van der Waals surface area contributed by atoms with Crippen LogP contribution in [0, 0.1) is 0 Å². The summed E-state index contributed by atoms with van der Waals surface area (Å²) in [7, 11) is 0. The van der Waals surface area contributed by atoms with E-state index < -0.39 is 125 Å². The van der Waals surface area contributed by atoms with E-state index in [0.717, 1.165) is 30.3 Å². The van der Waals surface area contributed by atoms with Crippen LogP contribution in [-0.2, 0) is 18.9 Å². The smallest absolute Gasteiger partial charge is 0.232 e. The van der Waals surface area contributed by atoms with Crippen LogP contribution in [0.5, 0.6) is 23.0 Å². The van der Waals surface area contributed by atoms with Crippen molar-refractivity contribution in [2.75, 3.05) is 6.61 Å². The van der Waals surface area contributed by atoms with Crippen LogP contribution in [0.2, 0.25) is 0 Å². The number of rotatable bonds is 6. The summed E-state index contributed by atoms with van der Waals surface area (Å²) in [4.78, 5) is 27.3. The summed E-state index contributed by atoms with van der Waals surface area (Å²) in [5.41, 5.74) is -1.70. The molecule has 0 unspecified atom stereocenters. The fraction of sp³-hybridized carbons (Fsp3) is 0.429. The van der Waals surface area contributed by atoms with Gasteiger partial charge in [-0.05, 0) is 30.7 Å². The minimum Gasteiger partial charge on any atom is -0.508 e. The molecule has 10 atom stereocenters. The normalized spacial score (nSPS) is 34.2. The van der Waals surface area contributed by atoms with Gasteiger partial charge in [-0.25, -0.2) is 0 Å². The Balaban J connectivity index is 1.47. The number of ketones is 2. The number of fused-ring (bicyclic) bond motifs is 1. The zero-order valence-electron chi connectivity index (χ0n) is 22.8. The lowest BCUT2D eigenvalue weighted by atomic mass is 9.84. The molecule has 44 heavy (non-hydrogen) atoms. The van der Waals surface area contributed by atoms with Crippen molar-refractivity contribution >= 4 is 17.1 Å². The number of allylic oxidation sites excluding steroid dienone is 2. The van der Waals surface area contributed by atoms with E-state index in [1.165, 1.54) is 6.92 Å². The van der Waals surface area contributed by atoms with E-state index in [9.17, 15) is 60.7 Å². The number of phenols is 4. The highest BCUT2D eigenvalue weighted by atomic mass is 16.7. The highest BCUT2D eigenvalue weighted by Gasteiger charge is 2.49. The average molecular weight is 623 g/mol. The van der Waals surface area contributed by atoms with Gasteiger partial charge in [-0.2, -0.15) is 0 Å². The molecule has 0 aromatic heterocycles. The summed E-state index contributed by atoms with van der Waals surface area (Å²) in [5, 5.41) is 102.